The lowest BCUT2D eigenvalue weighted by molar-refractivity contribution is 0.424. The summed E-state index contributed by atoms with van der Waals surface area (Å²) in [5, 5.41) is 2.98. The highest BCUT2D eigenvalue weighted by atomic mass is 16.5. The van der Waals surface area contributed by atoms with Crippen LogP contribution >= 0.6 is 0 Å². The Kier molecular flexibility index (Phi) is 2.04. The number of ether oxygens (including phenoxy) is 1. The van der Waals surface area contributed by atoms with Crippen molar-refractivity contribution in [2.24, 2.45) is 0 Å². The summed E-state index contributed by atoms with van der Waals surface area (Å²) in [6.45, 7) is 2.07. The summed E-state index contributed by atoms with van der Waals surface area (Å²) in [5.74, 6) is 0.850. The molecule has 1 heterocycles. The van der Waals surface area contributed by atoms with E-state index >= 15 is 0 Å². The van der Waals surface area contributed by atoms with Gasteiger partial charge in [0.1, 0.15) is 12.0 Å². The first-order chi connectivity index (χ1) is 6.36. The zero-order valence-electron chi connectivity index (χ0n) is 7.45. The molecule has 0 aromatic heterocycles. The third-order valence-corrected chi connectivity index (χ3v) is 1.91. The fraction of sp³-hybridized carbons (Fsp3) is 0.0909. The molecule has 0 saturated carbocycles. The smallest absolute Gasteiger partial charge is 0.149 e. The average Bonchev–Trinajstić information content (AvgIpc) is 2.20. The van der Waals surface area contributed by atoms with Gasteiger partial charge in [0.05, 0.1) is 0 Å². The van der Waals surface area contributed by atoms with E-state index in [1.54, 1.807) is 12.5 Å². The number of rotatable bonds is 1. The predicted molar refractivity (Wildman–Crippen MR) is 52.5 cm³/mol. The second-order valence-corrected chi connectivity index (χ2v) is 2.96. The number of hydrogen-bond acceptors (Lipinski definition) is 2. The average molecular weight is 173 g/mol. The molecule has 0 unspecified atom stereocenters. The van der Waals surface area contributed by atoms with E-state index in [-0.39, 0.29) is 0 Å². The Bertz CT molecular complexity index is 349. The maximum atomic E-state index is 5.32. The van der Waals surface area contributed by atoms with Gasteiger partial charge in [-0.15, -0.1) is 0 Å². The van der Waals surface area contributed by atoms with E-state index in [1.807, 2.05) is 18.3 Å². The van der Waals surface area contributed by atoms with Crippen molar-refractivity contribution < 1.29 is 4.74 Å². The molecular weight excluding hydrogens is 162 g/mol. The van der Waals surface area contributed by atoms with E-state index in [4.69, 9.17) is 4.74 Å². The highest BCUT2D eigenvalue weighted by Gasteiger charge is 2.02. The first-order valence-corrected chi connectivity index (χ1v) is 4.21. The Labute approximate surface area is 77.5 Å². The molecule has 0 atom stereocenters. The molecule has 2 heteroatoms. The summed E-state index contributed by atoms with van der Waals surface area (Å²) in [6, 6.07) is 8.22. The molecule has 0 spiro atoms. The monoisotopic (exact) mass is 173 g/mol. The highest BCUT2D eigenvalue weighted by Crippen LogP contribution is 2.17. The van der Waals surface area contributed by atoms with Crippen LogP contribution in [0, 0.1) is 6.92 Å². The Hall–Kier alpha value is -1.70. The fourth-order valence-corrected chi connectivity index (χ4v) is 1.17. The molecule has 0 amide bonds. The molecule has 0 radical (unpaired) electrons. The van der Waals surface area contributed by atoms with Crippen LogP contribution in [0.4, 0.5) is 0 Å². The lowest BCUT2D eigenvalue weighted by Gasteiger charge is -2.10. The van der Waals surface area contributed by atoms with Gasteiger partial charge in [0, 0.05) is 18.0 Å². The van der Waals surface area contributed by atoms with E-state index in [9.17, 15) is 0 Å². The Morgan fingerprint density at radius 1 is 1.15 bits per heavy atom. The van der Waals surface area contributed by atoms with Gasteiger partial charge < -0.3 is 10.1 Å². The summed E-state index contributed by atoms with van der Waals surface area (Å²) >= 11 is 0. The summed E-state index contributed by atoms with van der Waals surface area (Å²) in [6.07, 6.45) is 5.22. The molecule has 2 nitrogen and oxygen atoms in total. The van der Waals surface area contributed by atoms with E-state index < -0.39 is 0 Å². The van der Waals surface area contributed by atoms with Crippen molar-refractivity contribution in [1.82, 2.24) is 5.32 Å². The molecule has 0 fully saturated rings. The van der Waals surface area contributed by atoms with Crippen molar-refractivity contribution in [2.45, 2.75) is 6.92 Å². The molecule has 2 rings (SSSR count). The fourth-order valence-electron chi connectivity index (χ4n) is 1.17. The molecule has 0 aliphatic carbocycles. The van der Waals surface area contributed by atoms with Gasteiger partial charge in [-0.2, -0.15) is 0 Å². The molecule has 0 saturated heterocycles. The van der Waals surface area contributed by atoms with Crippen molar-refractivity contribution >= 4 is 5.76 Å². The van der Waals surface area contributed by atoms with Gasteiger partial charge >= 0.3 is 0 Å². The van der Waals surface area contributed by atoms with Crippen LogP contribution in [0.2, 0.25) is 0 Å². The van der Waals surface area contributed by atoms with Crippen molar-refractivity contribution in [3.8, 4) is 0 Å². The lowest BCUT2D eigenvalue weighted by Crippen LogP contribution is -2.02. The molecular formula is C11H11NO. The van der Waals surface area contributed by atoms with E-state index in [0.29, 0.717) is 0 Å². The molecule has 0 bridgehead atoms. The first-order valence-electron chi connectivity index (χ1n) is 4.21. The van der Waals surface area contributed by atoms with Crippen molar-refractivity contribution in [2.75, 3.05) is 0 Å². The van der Waals surface area contributed by atoms with Gasteiger partial charge in [0.25, 0.3) is 0 Å². The second kappa shape index (κ2) is 3.35. The Balaban J connectivity index is 2.25. The number of benzene rings is 1. The number of aryl methyl sites for hydroxylation is 1. The summed E-state index contributed by atoms with van der Waals surface area (Å²) in [5.41, 5.74) is 2.34. The third-order valence-electron chi connectivity index (χ3n) is 1.91. The Morgan fingerprint density at radius 2 is 1.92 bits per heavy atom. The van der Waals surface area contributed by atoms with Crippen LogP contribution in [0.1, 0.15) is 11.1 Å². The lowest BCUT2D eigenvalue weighted by atomic mass is 10.1. The van der Waals surface area contributed by atoms with Crippen LogP contribution in [0.15, 0.2) is 42.9 Å². The van der Waals surface area contributed by atoms with E-state index in [2.05, 4.69) is 24.4 Å². The zero-order valence-corrected chi connectivity index (χ0v) is 7.45. The molecule has 13 heavy (non-hydrogen) atoms. The minimum Gasteiger partial charge on any atom is -0.461 e. The van der Waals surface area contributed by atoms with Crippen molar-refractivity contribution in [3.05, 3.63) is 54.1 Å². The number of nitrogens with one attached hydrogen (secondary N) is 1. The van der Waals surface area contributed by atoms with Crippen LogP contribution in [0.25, 0.3) is 5.76 Å². The van der Waals surface area contributed by atoms with Gasteiger partial charge in [0.15, 0.2) is 0 Å². The van der Waals surface area contributed by atoms with Gasteiger partial charge in [-0.25, -0.2) is 0 Å². The number of hydrogen-bond donors (Lipinski definition) is 1. The van der Waals surface area contributed by atoms with Gasteiger partial charge in [0.2, 0.25) is 0 Å². The third kappa shape index (κ3) is 1.72. The van der Waals surface area contributed by atoms with Crippen LogP contribution in [0.3, 0.4) is 0 Å². The molecule has 1 aliphatic heterocycles. The predicted octanol–water partition coefficient (Wildman–Crippen LogP) is 2.38. The summed E-state index contributed by atoms with van der Waals surface area (Å²) in [4.78, 5) is 0. The highest BCUT2D eigenvalue weighted by molar-refractivity contribution is 5.60. The standard InChI is InChI=1S/C11H11NO/c1-9-2-4-10(5-3-9)11-8-12-6-7-13-11/h2-8,12H,1H3. The minimum atomic E-state index is 0.850. The maximum absolute atomic E-state index is 5.32. The zero-order chi connectivity index (χ0) is 9.10. The van der Waals surface area contributed by atoms with Crippen molar-refractivity contribution in [3.63, 3.8) is 0 Å². The molecule has 66 valence electrons. The largest absolute Gasteiger partial charge is 0.461 e. The first kappa shape index (κ1) is 7.92. The topological polar surface area (TPSA) is 21.3 Å². The Morgan fingerprint density at radius 3 is 2.54 bits per heavy atom. The van der Waals surface area contributed by atoms with Crippen LogP contribution in [0.5, 0.6) is 0 Å². The van der Waals surface area contributed by atoms with Gasteiger partial charge in [-0.05, 0) is 6.92 Å². The van der Waals surface area contributed by atoms with E-state index in [0.717, 1.165) is 11.3 Å². The molecule has 1 N–H and O–H groups in total. The van der Waals surface area contributed by atoms with Crippen LogP contribution < -0.4 is 5.32 Å². The molecule has 1 aromatic rings. The summed E-state index contributed by atoms with van der Waals surface area (Å²) in [7, 11) is 0. The second-order valence-electron chi connectivity index (χ2n) is 2.96. The quantitative estimate of drug-likeness (QED) is 0.704. The molecule has 1 aliphatic rings. The minimum absolute atomic E-state index is 0.850. The SMILES string of the molecule is Cc1ccc(C2=CNC=CO2)cc1. The van der Waals surface area contributed by atoms with Crippen LogP contribution in [-0.4, -0.2) is 0 Å². The normalized spacial score (nSPS) is 14.4. The van der Waals surface area contributed by atoms with Crippen LogP contribution in [-0.2, 0) is 4.74 Å². The maximum Gasteiger partial charge on any atom is 0.149 e. The van der Waals surface area contributed by atoms with Crippen molar-refractivity contribution in [1.29, 1.82) is 0 Å². The van der Waals surface area contributed by atoms with E-state index in [1.165, 1.54) is 5.56 Å². The van der Waals surface area contributed by atoms with Gasteiger partial charge in [-0.3, -0.25) is 0 Å². The molecule has 1 aromatic carbocycles. The summed E-state index contributed by atoms with van der Waals surface area (Å²) < 4.78 is 5.32. The van der Waals surface area contributed by atoms with Gasteiger partial charge in [-0.1, -0.05) is 29.8 Å².